The molecule has 0 aliphatic rings. The number of rotatable bonds is 4. The van der Waals surface area contributed by atoms with Crippen LogP contribution in [0.4, 0.5) is 0 Å². The summed E-state index contributed by atoms with van der Waals surface area (Å²) in [5.41, 5.74) is 1.30. The molecule has 2 heteroatoms. The minimum absolute atomic E-state index is 0.0492. The van der Waals surface area contributed by atoms with Crippen LogP contribution < -0.4 is 5.32 Å². The summed E-state index contributed by atoms with van der Waals surface area (Å²) in [6.45, 7) is 0.864. The molecular weight excluding hydrogens is 186 g/mol. The van der Waals surface area contributed by atoms with Crippen LogP contribution in [0.25, 0.3) is 10.8 Å². The van der Waals surface area contributed by atoms with Gasteiger partial charge in [-0.05, 0) is 22.8 Å². The first kappa shape index (κ1) is 10.1. The molecule has 2 N–H and O–H groups in total. The fourth-order valence-electron chi connectivity index (χ4n) is 1.71. The largest absolute Gasteiger partial charge is 0.381 e. The fraction of sp³-hybridized carbons (Fsp3) is 0.231. The highest BCUT2D eigenvalue weighted by atomic mass is 16.3. The van der Waals surface area contributed by atoms with Crippen LogP contribution in [-0.2, 0) is 6.42 Å². The molecule has 0 atom stereocenters. The van der Waals surface area contributed by atoms with Crippen LogP contribution in [0.15, 0.2) is 42.5 Å². The van der Waals surface area contributed by atoms with Crippen molar-refractivity contribution in [1.82, 2.24) is 5.32 Å². The van der Waals surface area contributed by atoms with E-state index >= 15 is 0 Å². The van der Waals surface area contributed by atoms with E-state index < -0.39 is 0 Å². The lowest BCUT2D eigenvalue weighted by Gasteiger charge is -2.03. The average Bonchev–Trinajstić information content (AvgIpc) is 2.29. The minimum Gasteiger partial charge on any atom is -0.381 e. The molecule has 0 aromatic heterocycles. The fourth-order valence-corrected chi connectivity index (χ4v) is 1.71. The Morgan fingerprint density at radius 1 is 1.00 bits per heavy atom. The van der Waals surface area contributed by atoms with Crippen molar-refractivity contribution in [3.05, 3.63) is 48.0 Å². The maximum Gasteiger partial charge on any atom is 0.0931 e. The molecule has 0 aliphatic carbocycles. The second-order valence-corrected chi connectivity index (χ2v) is 3.59. The Labute approximate surface area is 89.6 Å². The molecule has 0 saturated carbocycles. The first-order chi connectivity index (χ1) is 7.40. The second kappa shape index (κ2) is 4.91. The third-order valence-electron chi connectivity index (χ3n) is 2.52. The molecule has 0 unspecified atom stereocenters. The lowest BCUT2D eigenvalue weighted by Crippen LogP contribution is -2.17. The van der Waals surface area contributed by atoms with Crippen molar-refractivity contribution in [3.8, 4) is 0 Å². The van der Waals surface area contributed by atoms with Gasteiger partial charge in [0.05, 0.1) is 6.73 Å². The highest BCUT2D eigenvalue weighted by molar-refractivity contribution is 5.82. The van der Waals surface area contributed by atoms with Gasteiger partial charge >= 0.3 is 0 Å². The van der Waals surface area contributed by atoms with Crippen molar-refractivity contribution in [1.29, 1.82) is 0 Å². The highest BCUT2D eigenvalue weighted by Crippen LogP contribution is 2.15. The zero-order chi connectivity index (χ0) is 10.5. The van der Waals surface area contributed by atoms with Gasteiger partial charge in [-0.1, -0.05) is 42.5 Å². The maximum absolute atomic E-state index is 8.60. The van der Waals surface area contributed by atoms with Crippen molar-refractivity contribution in [2.45, 2.75) is 6.42 Å². The number of nitrogens with one attached hydrogen (secondary N) is 1. The van der Waals surface area contributed by atoms with E-state index in [0.29, 0.717) is 0 Å². The van der Waals surface area contributed by atoms with Gasteiger partial charge in [0.1, 0.15) is 0 Å². The molecule has 0 amide bonds. The predicted octanol–water partition coefficient (Wildman–Crippen LogP) is 1.92. The quantitative estimate of drug-likeness (QED) is 0.585. The summed E-state index contributed by atoms with van der Waals surface area (Å²) in [4.78, 5) is 0. The molecule has 2 nitrogen and oxygen atoms in total. The van der Waals surface area contributed by atoms with Crippen molar-refractivity contribution >= 4 is 10.8 Å². The number of aliphatic hydroxyl groups excluding tert-OH is 1. The highest BCUT2D eigenvalue weighted by Gasteiger charge is 1.95. The van der Waals surface area contributed by atoms with Crippen molar-refractivity contribution in [3.63, 3.8) is 0 Å². The molecule has 2 aromatic rings. The Morgan fingerprint density at radius 3 is 2.60 bits per heavy atom. The van der Waals surface area contributed by atoms with Gasteiger partial charge < -0.3 is 5.11 Å². The van der Waals surface area contributed by atoms with E-state index in [1.165, 1.54) is 16.3 Å². The summed E-state index contributed by atoms with van der Waals surface area (Å²) in [6, 6.07) is 14.8. The monoisotopic (exact) mass is 201 g/mol. The number of benzene rings is 2. The van der Waals surface area contributed by atoms with E-state index in [2.05, 4.69) is 47.8 Å². The van der Waals surface area contributed by atoms with Gasteiger partial charge in [0, 0.05) is 6.54 Å². The maximum atomic E-state index is 8.60. The standard InChI is InChI=1S/C13H15NO/c15-10-14-8-7-11-5-6-12-3-1-2-4-13(12)9-11/h1-6,9,14-15H,7-8,10H2. The van der Waals surface area contributed by atoms with Crippen molar-refractivity contribution in [2.24, 2.45) is 0 Å². The molecule has 78 valence electrons. The third kappa shape index (κ3) is 2.55. The van der Waals surface area contributed by atoms with Gasteiger partial charge in [0.15, 0.2) is 0 Å². The Morgan fingerprint density at radius 2 is 1.80 bits per heavy atom. The van der Waals surface area contributed by atoms with Crippen molar-refractivity contribution in [2.75, 3.05) is 13.3 Å². The first-order valence-electron chi connectivity index (χ1n) is 5.19. The second-order valence-electron chi connectivity index (χ2n) is 3.59. The van der Waals surface area contributed by atoms with Crippen LogP contribution in [-0.4, -0.2) is 18.4 Å². The SMILES string of the molecule is OCNCCc1ccc2ccccc2c1. The van der Waals surface area contributed by atoms with Gasteiger partial charge in [-0.15, -0.1) is 0 Å². The Balaban J connectivity index is 2.16. The molecule has 0 heterocycles. The number of fused-ring (bicyclic) bond motifs is 1. The molecule has 0 aliphatic heterocycles. The normalized spacial score (nSPS) is 10.7. The molecular formula is C13H15NO. The van der Waals surface area contributed by atoms with Gasteiger partial charge in [-0.2, -0.15) is 0 Å². The average molecular weight is 201 g/mol. The lowest BCUT2D eigenvalue weighted by atomic mass is 10.1. The van der Waals surface area contributed by atoms with Crippen LogP contribution in [0, 0.1) is 0 Å². The molecule has 0 spiro atoms. The van der Waals surface area contributed by atoms with Crippen LogP contribution >= 0.6 is 0 Å². The van der Waals surface area contributed by atoms with Crippen LogP contribution in [0.5, 0.6) is 0 Å². The van der Waals surface area contributed by atoms with Gasteiger partial charge in [0.25, 0.3) is 0 Å². The minimum atomic E-state index is 0.0492. The van der Waals surface area contributed by atoms with E-state index in [1.807, 2.05) is 0 Å². The van der Waals surface area contributed by atoms with Crippen molar-refractivity contribution < 1.29 is 5.11 Å². The van der Waals surface area contributed by atoms with Crippen LogP contribution in [0.3, 0.4) is 0 Å². The molecule has 2 aromatic carbocycles. The molecule has 0 saturated heterocycles. The number of hydrogen-bond donors (Lipinski definition) is 2. The zero-order valence-electron chi connectivity index (χ0n) is 8.61. The Hall–Kier alpha value is -1.38. The number of aliphatic hydroxyl groups is 1. The topological polar surface area (TPSA) is 32.3 Å². The Bertz CT molecular complexity index is 439. The smallest absolute Gasteiger partial charge is 0.0931 e. The van der Waals surface area contributed by atoms with E-state index in [-0.39, 0.29) is 6.73 Å². The number of hydrogen-bond acceptors (Lipinski definition) is 2. The van der Waals surface area contributed by atoms with Crippen LogP contribution in [0.2, 0.25) is 0 Å². The van der Waals surface area contributed by atoms with Gasteiger partial charge in [-0.25, -0.2) is 0 Å². The van der Waals surface area contributed by atoms with Gasteiger partial charge in [0.2, 0.25) is 0 Å². The summed E-state index contributed by atoms with van der Waals surface area (Å²) < 4.78 is 0. The Kier molecular flexibility index (Phi) is 3.33. The molecule has 0 radical (unpaired) electrons. The van der Waals surface area contributed by atoms with E-state index in [9.17, 15) is 0 Å². The van der Waals surface area contributed by atoms with E-state index in [4.69, 9.17) is 5.11 Å². The summed E-state index contributed by atoms with van der Waals surface area (Å²) in [5, 5.41) is 14.1. The zero-order valence-corrected chi connectivity index (χ0v) is 8.61. The van der Waals surface area contributed by atoms with Gasteiger partial charge in [-0.3, -0.25) is 5.32 Å². The summed E-state index contributed by atoms with van der Waals surface area (Å²) in [6.07, 6.45) is 0.950. The molecule has 2 rings (SSSR count). The molecule has 0 fully saturated rings. The summed E-state index contributed by atoms with van der Waals surface area (Å²) in [5.74, 6) is 0. The summed E-state index contributed by atoms with van der Waals surface area (Å²) in [7, 11) is 0. The van der Waals surface area contributed by atoms with Crippen LogP contribution in [0.1, 0.15) is 5.56 Å². The van der Waals surface area contributed by atoms with E-state index in [1.54, 1.807) is 0 Å². The molecule has 0 bridgehead atoms. The predicted molar refractivity (Wildman–Crippen MR) is 62.7 cm³/mol. The third-order valence-corrected chi connectivity index (χ3v) is 2.52. The molecule has 15 heavy (non-hydrogen) atoms. The lowest BCUT2D eigenvalue weighted by molar-refractivity contribution is 0.262. The summed E-state index contributed by atoms with van der Waals surface area (Å²) >= 11 is 0. The first-order valence-corrected chi connectivity index (χ1v) is 5.19. The van der Waals surface area contributed by atoms with E-state index in [0.717, 1.165) is 13.0 Å².